The lowest BCUT2D eigenvalue weighted by Gasteiger charge is -2.12. The van der Waals surface area contributed by atoms with Crippen LogP contribution in [0.4, 0.5) is 5.69 Å². The second-order valence-corrected chi connectivity index (χ2v) is 6.38. The van der Waals surface area contributed by atoms with E-state index >= 15 is 0 Å². The molecule has 0 bridgehead atoms. The van der Waals surface area contributed by atoms with Crippen LogP contribution in [0.5, 0.6) is 0 Å². The van der Waals surface area contributed by atoms with Crippen molar-refractivity contribution in [1.29, 1.82) is 0 Å². The maximum absolute atomic E-state index is 12.9. The Morgan fingerprint density at radius 2 is 1.73 bits per heavy atom. The molecule has 0 spiro atoms. The summed E-state index contributed by atoms with van der Waals surface area (Å²) >= 11 is 0. The first kappa shape index (κ1) is 17.6. The molecule has 0 saturated carbocycles. The van der Waals surface area contributed by atoms with Crippen molar-refractivity contribution in [3.8, 4) is 0 Å². The minimum atomic E-state index is -0.223. The number of carbonyl (C=O) groups is 2. The first-order valence-corrected chi connectivity index (χ1v) is 8.52. The molecule has 5 heteroatoms. The normalized spacial score (nSPS) is 10.8. The molecule has 2 N–H and O–H groups in total. The number of rotatable bonds is 4. The number of pyridine rings is 1. The summed E-state index contributed by atoms with van der Waals surface area (Å²) in [5.41, 5.74) is 3.30. The quantitative estimate of drug-likeness (QED) is 0.750. The zero-order valence-corrected chi connectivity index (χ0v) is 15.0. The molecule has 132 valence electrons. The van der Waals surface area contributed by atoms with Gasteiger partial charge in [-0.3, -0.25) is 14.6 Å². The van der Waals surface area contributed by atoms with E-state index in [1.165, 1.54) is 0 Å². The molecule has 0 saturated heterocycles. The van der Waals surface area contributed by atoms with Crippen molar-refractivity contribution >= 4 is 28.4 Å². The van der Waals surface area contributed by atoms with E-state index in [2.05, 4.69) is 15.6 Å². The van der Waals surface area contributed by atoms with E-state index < -0.39 is 0 Å². The van der Waals surface area contributed by atoms with Crippen molar-refractivity contribution in [2.75, 3.05) is 12.4 Å². The van der Waals surface area contributed by atoms with Crippen LogP contribution in [0.3, 0.4) is 0 Å². The summed E-state index contributed by atoms with van der Waals surface area (Å²) in [6.07, 6.45) is 0. The summed E-state index contributed by atoms with van der Waals surface area (Å²) < 4.78 is 0. The molecule has 0 aliphatic heterocycles. The molecule has 0 unspecified atom stereocenters. The Hall–Kier alpha value is -3.21. The topological polar surface area (TPSA) is 71.1 Å². The third-order valence-corrected chi connectivity index (χ3v) is 4.18. The number of carbonyl (C=O) groups excluding carboxylic acids is 2. The Morgan fingerprint density at radius 1 is 0.962 bits per heavy atom. The Labute approximate surface area is 152 Å². The fourth-order valence-electron chi connectivity index (χ4n) is 2.76. The summed E-state index contributed by atoms with van der Waals surface area (Å²) in [6.45, 7) is 4.09. The third kappa shape index (κ3) is 3.57. The van der Waals surface area contributed by atoms with Crippen molar-refractivity contribution in [1.82, 2.24) is 10.3 Å². The maximum Gasteiger partial charge on any atom is 0.256 e. The number of aromatic nitrogens is 1. The number of anilines is 1. The number of hydrogen-bond acceptors (Lipinski definition) is 3. The van der Waals surface area contributed by atoms with Crippen LogP contribution in [0.25, 0.3) is 10.9 Å². The van der Waals surface area contributed by atoms with Crippen molar-refractivity contribution in [2.24, 2.45) is 0 Å². The summed E-state index contributed by atoms with van der Waals surface area (Å²) in [5.74, 6) is -0.208. The fraction of sp³-hybridized carbons (Fsp3) is 0.190. The molecule has 5 nitrogen and oxygen atoms in total. The third-order valence-electron chi connectivity index (χ3n) is 4.18. The predicted molar refractivity (Wildman–Crippen MR) is 104 cm³/mol. The molecule has 0 aliphatic rings. The lowest BCUT2D eigenvalue weighted by molar-refractivity contribution is 0.0961. The van der Waals surface area contributed by atoms with Crippen LogP contribution in [0, 0.1) is 0 Å². The molecule has 0 fully saturated rings. The summed E-state index contributed by atoms with van der Waals surface area (Å²) in [6, 6.07) is 16.3. The molecule has 1 heterocycles. The van der Waals surface area contributed by atoms with Gasteiger partial charge in [0.2, 0.25) is 0 Å². The van der Waals surface area contributed by atoms with Crippen LogP contribution in [-0.4, -0.2) is 23.8 Å². The van der Waals surface area contributed by atoms with Gasteiger partial charge in [0.05, 0.1) is 11.1 Å². The standard InChI is InChI=1S/C21H21N3O2/c1-13(2)19-12-17(16-9-4-5-10-18(16)24-19)21(26)23-15-8-6-7-14(11-15)20(25)22-3/h4-13H,1-3H3,(H,22,25)(H,23,26). The predicted octanol–water partition coefficient (Wildman–Crippen LogP) is 3.97. The van der Waals surface area contributed by atoms with Crippen molar-refractivity contribution in [2.45, 2.75) is 19.8 Å². The summed E-state index contributed by atoms with van der Waals surface area (Å²) in [7, 11) is 1.57. The molecule has 3 rings (SSSR count). The van der Waals surface area contributed by atoms with Crippen LogP contribution < -0.4 is 10.6 Å². The first-order valence-electron chi connectivity index (χ1n) is 8.52. The smallest absolute Gasteiger partial charge is 0.256 e. The molecule has 2 amide bonds. The molecular weight excluding hydrogens is 326 g/mol. The Bertz CT molecular complexity index is 980. The van der Waals surface area contributed by atoms with Gasteiger partial charge in [0.1, 0.15) is 0 Å². The monoisotopic (exact) mass is 347 g/mol. The van der Waals surface area contributed by atoms with Gasteiger partial charge in [0.15, 0.2) is 0 Å². The number of hydrogen-bond donors (Lipinski definition) is 2. The summed E-state index contributed by atoms with van der Waals surface area (Å²) in [4.78, 5) is 29.3. The average molecular weight is 347 g/mol. The largest absolute Gasteiger partial charge is 0.355 e. The zero-order chi connectivity index (χ0) is 18.7. The van der Waals surface area contributed by atoms with Crippen LogP contribution in [0.1, 0.15) is 46.2 Å². The number of para-hydroxylation sites is 1. The van der Waals surface area contributed by atoms with E-state index in [1.54, 1.807) is 31.3 Å². The first-order chi connectivity index (χ1) is 12.5. The SMILES string of the molecule is CNC(=O)c1cccc(NC(=O)c2cc(C(C)C)nc3ccccc23)c1. The average Bonchev–Trinajstić information content (AvgIpc) is 2.66. The van der Waals surface area contributed by atoms with Gasteiger partial charge in [-0.05, 0) is 36.2 Å². The highest BCUT2D eigenvalue weighted by molar-refractivity contribution is 6.12. The number of amides is 2. The fourth-order valence-corrected chi connectivity index (χ4v) is 2.76. The number of nitrogens with one attached hydrogen (secondary N) is 2. The van der Waals surface area contributed by atoms with Crippen molar-refractivity contribution in [3.63, 3.8) is 0 Å². The van der Waals surface area contributed by atoms with Gasteiger partial charge < -0.3 is 10.6 Å². The molecule has 0 atom stereocenters. The molecule has 0 radical (unpaired) electrons. The van der Waals surface area contributed by atoms with Crippen molar-refractivity contribution < 1.29 is 9.59 Å². The molecule has 2 aromatic carbocycles. The Morgan fingerprint density at radius 3 is 2.46 bits per heavy atom. The second kappa shape index (κ2) is 7.35. The van der Waals surface area contributed by atoms with E-state index in [0.717, 1.165) is 16.6 Å². The zero-order valence-electron chi connectivity index (χ0n) is 15.0. The highest BCUT2D eigenvalue weighted by atomic mass is 16.2. The van der Waals surface area contributed by atoms with Gasteiger partial charge in [-0.1, -0.05) is 38.1 Å². The molecule has 1 aromatic heterocycles. The lowest BCUT2D eigenvalue weighted by Crippen LogP contribution is -2.18. The van der Waals surface area contributed by atoms with Gasteiger partial charge in [0.25, 0.3) is 11.8 Å². The van der Waals surface area contributed by atoms with E-state index in [4.69, 9.17) is 0 Å². The van der Waals surface area contributed by atoms with Gasteiger partial charge in [0, 0.05) is 29.4 Å². The highest BCUT2D eigenvalue weighted by Gasteiger charge is 2.15. The summed E-state index contributed by atoms with van der Waals surface area (Å²) in [5, 5.41) is 6.27. The molecule has 26 heavy (non-hydrogen) atoms. The van der Waals surface area contributed by atoms with E-state index in [0.29, 0.717) is 16.8 Å². The van der Waals surface area contributed by atoms with Crippen LogP contribution in [0.15, 0.2) is 54.6 Å². The Balaban J connectivity index is 1.99. The molecule has 3 aromatic rings. The molecular formula is C21H21N3O2. The Kier molecular flexibility index (Phi) is 4.98. The minimum Gasteiger partial charge on any atom is -0.355 e. The van der Waals surface area contributed by atoms with Gasteiger partial charge in [-0.2, -0.15) is 0 Å². The van der Waals surface area contributed by atoms with Gasteiger partial charge in [-0.15, -0.1) is 0 Å². The van der Waals surface area contributed by atoms with Crippen LogP contribution in [-0.2, 0) is 0 Å². The maximum atomic E-state index is 12.9. The van der Waals surface area contributed by atoms with Gasteiger partial charge in [-0.25, -0.2) is 0 Å². The van der Waals surface area contributed by atoms with Crippen LogP contribution in [0.2, 0.25) is 0 Å². The number of nitrogens with zero attached hydrogens (tertiary/aromatic N) is 1. The van der Waals surface area contributed by atoms with Crippen molar-refractivity contribution in [3.05, 3.63) is 71.4 Å². The number of benzene rings is 2. The van der Waals surface area contributed by atoms with E-state index in [9.17, 15) is 9.59 Å². The van der Waals surface area contributed by atoms with Gasteiger partial charge >= 0.3 is 0 Å². The van der Waals surface area contributed by atoms with E-state index in [1.807, 2.05) is 44.2 Å². The highest BCUT2D eigenvalue weighted by Crippen LogP contribution is 2.23. The minimum absolute atomic E-state index is 0.197. The molecule has 0 aliphatic carbocycles. The number of fused-ring (bicyclic) bond motifs is 1. The lowest BCUT2D eigenvalue weighted by atomic mass is 10.0. The van der Waals surface area contributed by atoms with E-state index in [-0.39, 0.29) is 17.7 Å². The van der Waals surface area contributed by atoms with Crippen LogP contribution >= 0.6 is 0 Å². The second-order valence-electron chi connectivity index (χ2n) is 6.38.